The Labute approximate surface area is 156 Å². The zero-order valence-electron chi connectivity index (χ0n) is 14.2. The van der Waals surface area contributed by atoms with E-state index >= 15 is 0 Å². The molecule has 0 aliphatic heterocycles. The van der Waals surface area contributed by atoms with Crippen molar-refractivity contribution in [1.29, 1.82) is 0 Å². The zero-order valence-corrected chi connectivity index (χ0v) is 15.8. The number of hydrogen-bond donors (Lipinski definition) is 0. The first-order chi connectivity index (χ1) is 12.2. The van der Waals surface area contributed by atoms with Crippen molar-refractivity contribution in [3.63, 3.8) is 0 Å². The SMILES string of the molecule is COc1ccc(/C(Br)=C(\c2ccccc2)c2ccc(OC)cc2)cc1. The van der Waals surface area contributed by atoms with Crippen LogP contribution in [0.5, 0.6) is 11.5 Å². The second kappa shape index (κ2) is 8.04. The first-order valence-corrected chi connectivity index (χ1v) is 8.76. The Morgan fingerprint density at radius 1 is 0.600 bits per heavy atom. The maximum Gasteiger partial charge on any atom is 0.118 e. The first kappa shape index (κ1) is 17.3. The van der Waals surface area contributed by atoms with Crippen LogP contribution in [0, 0.1) is 0 Å². The van der Waals surface area contributed by atoms with Gasteiger partial charge < -0.3 is 9.47 Å². The summed E-state index contributed by atoms with van der Waals surface area (Å²) in [5, 5.41) is 0. The van der Waals surface area contributed by atoms with Gasteiger partial charge in [-0.3, -0.25) is 0 Å². The molecule has 0 saturated heterocycles. The second-order valence-corrected chi connectivity index (χ2v) is 6.31. The molecule has 3 rings (SSSR count). The second-order valence-electron chi connectivity index (χ2n) is 5.51. The maximum absolute atomic E-state index is 5.28. The molecule has 0 N–H and O–H groups in total. The smallest absolute Gasteiger partial charge is 0.118 e. The number of benzene rings is 3. The van der Waals surface area contributed by atoms with E-state index in [0.717, 1.165) is 38.2 Å². The van der Waals surface area contributed by atoms with E-state index < -0.39 is 0 Å². The lowest BCUT2D eigenvalue weighted by Crippen LogP contribution is -1.92. The third-order valence-corrected chi connectivity index (χ3v) is 4.86. The van der Waals surface area contributed by atoms with Gasteiger partial charge in [0.15, 0.2) is 0 Å². The predicted molar refractivity (Wildman–Crippen MR) is 107 cm³/mol. The van der Waals surface area contributed by atoms with Crippen LogP contribution in [0.25, 0.3) is 10.1 Å². The molecule has 0 aromatic heterocycles. The average Bonchev–Trinajstić information content (AvgIpc) is 2.69. The Bertz CT molecular complexity index is 851. The lowest BCUT2D eigenvalue weighted by molar-refractivity contribution is 0.414. The first-order valence-electron chi connectivity index (χ1n) is 7.97. The molecule has 0 fully saturated rings. The van der Waals surface area contributed by atoms with E-state index in [1.807, 2.05) is 42.5 Å². The van der Waals surface area contributed by atoms with Crippen molar-refractivity contribution in [3.8, 4) is 11.5 Å². The van der Waals surface area contributed by atoms with Gasteiger partial charge in [-0.1, -0.05) is 54.6 Å². The summed E-state index contributed by atoms with van der Waals surface area (Å²) in [7, 11) is 3.35. The van der Waals surface area contributed by atoms with Crippen LogP contribution < -0.4 is 9.47 Å². The Kier molecular flexibility index (Phi) is 5.56. The molecular formula is C22H19BrO2. The molecule has 3 aromatic carbocycles. The third-order valence-electron chi connectivity index (χ3n) is 4.00. The Morgan fingerprint density at radius 3 is 1.52 bits per heavy atom. The molecule has 0 spiro atoms. The van der Waals surface area contributed by atoms with Crippen LogP contribution in [-0.4, -0.2) is 14.2 Å². The number of rotatable bonds is 5. The molecule has 0 aliphatic carbocycles. The molecule has 0 atom stereocenters. The van der Waals surface area contributed by atoms with Gasteiger partial charge in [0.05, 0.1) is 14.2 Å². The summed E-state index contributed by atoms with van der Waals surface area (Å²) in [6.07, 6.45) is 0. The molecule has 2 nitrogen and oxygen atoms in total. The standard InChI is InChI=1S/C22H19BrO2/c1-24-19-12-8-17(9-13-19)21(16-6-4-3-5-7-16)22(23)18-10-14-20(25-2)15-11-18/h3-15H,1-2H3/b22-21-. The number of methoxy groups -OCH3 is 2. The molecule has 3 heteroatoms. The van der Waals surface area contributed by atoms with Crippen molar-refractivity contribution in [2.45, 2.75) is 0 Å². The summed E-state index contributed by atoms with van der Waals surface area (Å²) in [5.74, 6) is 1.69. The monoisotopic (exact) mass is 394 g/mol. The van der Waals surface area contributed by atoms with E-state index in [1.165, 1.54) is 0 Å². The fraction of sp³-hybridized carbons (Fsp3) is 0.0909. The lowest BCUT2D eigenvalue weighted by atomic mass is 9.95. The van der Waals surface area contributed by atoms with Gasteiger partial charge in [-0.15, -0.1) is 0 Å². The normalized spacial score (nSPS) is 11.6. The van der Waals surface area contributed by atoms with Crippen LogP contribution in [-0.2, 0) is 0 Å². The highest BCUT2D eigenvalue weighted by molar-refractivity contribution is 9.15. The van der Waals surface area contributed by atoms with Gasteiger partial charge >= 0.3 is 0 Å². The largest absolute Gasteiger partial charge is 0.497 e. The minimum Gasteiger partial charge on any atom is -0.497 e. The van der Waals surface area contributed by atoms with E-state index in [4.69, 9.17) is 9.47 Å². The molecule has 0 aliphatic rings. The van der Waals surface area contributed by atoms with Gasteiger partial charge in [-0.05, 0) is 56.9 Å². The van der Waals surface area contributed by atoms with Gasteiger partial charge in [-0.2, -0.15) is 0 Å². The predicted octanol–water partition coefficient (Wildman–Crippen LogP) is 6.02. The molecule has 126 valence electrons. The van der Waals surface area contributed by atoms with Gasteiger partial charge in [0.25, 0.3) is 0 Å². The van der Waals surface area contributed by atoms with Crippen molar-refractivity contribution < 1.29 is 9.47 Å². The molecule has 0 amide bonds. The Morgan fingerprint density at radius 2 is 1.04 bits per heavy atom. The minimum atomic E-state index is 0.842. The van der Waals surface area contributed by atoms with Crippen molar-refractivity contribution in [2.75, 3.05) is 14.2 Å². The van der Waals surface area contributed by atoms with Crippen LogP contribution in [0.1, 0.15) is 16.7 Å². The van der Waals surface area contributed by atoms with E-state index in [2.05, 4.69) is 52.3 Å². The molecule has 0 radical (unpaired) electrons. The van der Waals surface area contributed by atoms with Crippen molar-refractivity contribution in [3.05, 3.63) is 95.6 Å². The molecule has 3 aromatic rings. The van der Waals surface area contributed by atoms with Gasteiger partial charge in [-0.25, -0.2) is 0 Å². The quantitative estimate of drug-likeness (QED) is 0.492. The van der Waals surface area contributed by atoms with Gasteiger partial charge in [0, 0.05) is 10.1 Å². The number of hydrogen-bond acceptors (Lipinski definition) is 2. The third kappa shape index (κ3) is 3.94. The van der Waals surface area contributed by atoms with Gasteiger partial charge in [0.2, 0.25) is 0 Å². The highest BCUT2D eigenvalue weighted by Crippen LogP contribution is 2.37. The summed E-state index contributed by atoms with van der Waals surface area (Å²) in [4.78, 5) is 0. The van der Waals surface area contributed by atoms with Crippen molar-refractivity contribution in [2.24, 2.45) is 0 Å². The summed E-state index contributed by atoms with van der Waals surface area (Å²) < 4.78 is 11.6. The van der Waals surface area contributed by atoms with Crippen LogP contribution in [0.4, 0.5) is 0 Å². The number of ether oxygens (including phenoxy) is 2. The van der Waals surface area contributed by atoms with Crippen LogP contribution in [0.15, 0.2) is 78.9 Å². The average molecular weight is 395 g/mol. The van der Waals surface area contributed by atoms with Crippen LogP contribution >= 0.6 is 15.9 Å². The Balaban J connectivity index is 2.14. The van der Waals surface area contributed by atoms with E-state index in [9.17, 15) is 0 Å². The highest BCUT2D eigenvalue weighted by atomic mass is 79.9. The molecule has 0 saturated carbocycles. The molecule has 0 heterocycles. The van der Waals surface area contributed by atoms with E-state index in [0.29, 0.717) is 0 Å². The summed E-state index contributed by atoms with van der Waals surface area (Å²) in [5.41, 5.74) is 4.49. The van der Waals surface area contributed by atoms with Crippen LogP contribution in [0.3, 0.4) is 0 Å². The summed E-state index contributed by atoms with van der Waals surface area (Å²) in [6, 6.07) is 26.5. The lowest BCUT2D eigenvalue weighted by Gasteiger charge is -2.14. The molecular weight excluding hydrogens is 376 g/mol. The highest BCUT2D eigenvalue weighted by Gasteiger charge is 2.12. The van der Waals surface area contributed by atoms with Gasteiger partial charge in [0.1, 0.15) is 11.5 Å². The van der Waals surface area contributed by atoms with Crippen molar-refractivity contribution >= 4 is 26.0 Å². The topological polar surface area (TPSA) is 18.5 Å². The molecule has 0 bridgehead atoms. The fourth-order valence-electron chi connectivity index (χ4n) is 2.66. The minimum absolute atomic E-state index is 0.842. The molecule has 0 unspecified atom stereocenters. The van der Waals surface area contributed by atoms with Crippen LogP contribution in [0.2, 0.25) is 0 Å². The maximum atomic E-state index is 5.28. The zero-order chi connectivity index (χ0) is 17.6. The fourth-order valence-corrected chi connectivity index (χ4v) is 3.39. The van der Waals surface area contributed by atoms with E-state index in [-0.39, 0.29) is 0 Å². The Hall–Kier alpha value is -2.52. The van der Waals surface area contributed by atoms with Crippen molar-refractivity contribution in [1.82, 2.24) is 0 Å². The molecule has 25 heavy (non-hydrogen) atoms. The number of halogens is 1. The summed E-state index contributed by atoms with van der Waals surface area (Å²) in [6.45, 7) is 0. The summed E-state index contributed by atoms with van der Waals surface area (Å²) >= 11 is 3.82. The van der Waals surface area contributed by atoms with E-state index in [1.54, 1.807) is 14.2 Å².